The average Bonchev–Trinajstić information content (AvgIpc) is 2.47. The fourth-order valence-electron chi connectivity index (χ4n) is 2.93. The summed E-state index contributed by atoms with van der Waals surface area (Å²) in [6, 6.07) is 2.40. The number of carbonyl (C=O) groups is 1. The van der Waals surface area contributed by atoms with Gasteiger partial charge in [-0.1, -0.05) is 6.92 Å². The first kappa shape index (κ1) is 16.8. The van der Waals surface area contributed by atoms with E-state index in [2.05, 4.69) is 17.1 Å². The smallest absolute Gasteiger partial charge is 0.155 e. The van der Waals surface area contributed by atoms with Crippen LogP contribution in [0.5, 0.6) is 0 Å². The molecule has 1 aromatic carbocycles. The molecule has 1 aliphatic rings. The minimum Gasteiger partial charge on any atom is -0.382 e. The second kappa shape index (κ2) is 7.63. The molecule has 22 heavy (non-hydrogen) atoms. The van der Waals surface area contributed by atoms with Crippen LogP contribution in [0.3, 0.4) is 0 Å². The number of benzene rings is 1. The lowest BCUT2D eigenvalue weighted by Crippen LogP contribution is -2.45. The van der Waals surface area contributed by atoms with Gasteiger partial charge in [0.25, 0.3) is 0 Å². The van der Waals surface area contributed by atoms with Crippen LogP contribution in [-0.4, -0.2) is 43.5 Å². The van der Waals surface area contributed by atoms with E-state index in [4.69, 9.17) is 0 Å². The van der Waals surface area contributed by atoms with Crippen molar-refractivity contribution in [3.05, 3.63) is 29.3 Å². The van der Waals surface area contributed by atoms with Crippen LogP contribution in [0.25, 0.3) is 0 Å². The van der Waals surface area contributed by atoms with Gasteiger partial charge in [0.1, 0.15) is 11.6 Å². The molecule has 0 aromatic heterocycles. The molecule has 1 fully saturated rings. The van der Waals surface area contributed by atoms with Crippen LogP contribution in [0.15, 0.2) is 12.1 Å². The van der Waals surface area contributed by atoms with Crippen LogP contribution in [0.1, 0.15) is 30.1 Å². The highest BCUT2D eigenvalue weighted by molar-refractivity contribution is 5.76. The highest BCUT2D eigenvalue weighted by Crippen LogP contribution is 2.24. The van der Waals surface area contributed by atoms with Crippen LogP contribution < -0.4 is 5.32 Å². The van der Waals surface area contributed by atoms with Crippen molar-refractivity contribution in [1.82, 2.24) is 4.90 Å². The van der Waals surface area contributed by atoms with Gasteiger partial charge in [0.2, 0.25) is 0 Å². The molecular formula is C16H21F3N2O. The molecule has 0 bridgehead atoms. The molecule has 1 heterocycles. The maximum atomic E-state index is 13.6. The second-order valence-electron chi connectivity index (χ2n) is 5.83. The van der Waals surface area contributed by atoms with E-state index in [1.165, 1.54) is 0 Å². The third-order valence-corrected chi connectivity index (χ3v) is 4.15. The molecule has 1 aromatic rings. The Hall–Kier alpha value is -1.56. The zero-order valence-corrected chi connectivity index (χ0v) is 12.6. The zero-order valence-electron chi connectivity index (χ0n) is 12.6. The van der Waals surface area contributed by atoms with Gasteiger partial charge >= 0.3 is 0 Å². The predicted molar refractivity (Wildman–Crippen MR) is 80.0 cm³/mol. The summed E-state index contributed by atoms with van der Waals surface area (Å²) in [6.45, 7) is 4.15. The van der Waals surface area contributed by atoms with Crippen LogP contribution in [0.2, 0.25) is 0 Å². The molecule has 1 aliphatic heterocycles. The standard InChI is InChI=1S/C16H21F3N2O/c1-11-9-21(5-2-4-17)6-3-16(11)20-12-7-14(18)13(10-22)15(19)8-12/h7-8,10-11,16,20H,2-6,9H2,1H3/t11?,16-/m0/s1. The fourth-order valence-corrected chi connectivity index (χ4v) is 2.93. The van der Waals surface area contributed by atoms with Gasteiger partial charge in [0, 0.05) is 31.4 Å². The van der Waals surface area contributed by atoms with E-state index in [0.29, 0.717) is 12.1 Å². The van der Waals surface area contributed by atoms with E-state index >= 15 is 0 Å². The number of alkyl halides is 1. The Kier molecular flexibility index (Phi) is 5.83. The number of likely N-dealkylation sites (tertiary alicyclic amines) is 1. The predicted octanol–water partition coefficient (Wildman–Crippen LogP) is 3.26. The van der Waals surface area contributed by atoms with Crippen LogP contribution >= 0.6 is 0 Å². The molecule has 3 nitrogen and oxygen atoms in total. The Morgan fingerprint density at radius 1 is 1.36 bits per heavy atom. The number of rotatable bonds is 6. The third kappa shape index (κ3) is 4.00. The number of piperidine rings is 1. The average molecular weight is 314 g/mol. The van der Waals surface area contributed by atoms with Gasteiger partial charge in [-0.2, -0.15) is 0 Å². The van der Waals surface area contributed by atoms with Crippen molar-refractivity contribution in [1.29, 1.82) is 0 Å². The van der Waals surface area contributed by atoms with Crippen molar-refractivity contribution < 1.29 is 18.0 Å². The van der Waals surface area contributed by atoms with E-state index in [0.717, 1.165) is 38.2 Å². The Morgan fingerprint density at radius 2 is 2.05 bits per heavy atom. The summed E-state index contributed by atoms with van der Waals surface area (Å²) in [4.78, 5) is 12.8. The fraction of sp³-hybridized carbons (Fsp3) is 0.562. The van der Waals surface area contributed by atoms with Crippen molar-refractivity contribution in [2.24, 2.45) is 5.92 Å². The van der Waals surface area contributed by atoms with Gasteiger partial charge in [0.15, 0.2) is 6.29 Å². The van der Waals surface area contributed by atoms with Crippen LogP contribution in [-0.2, 0) is 0 Å². The minimum atomic E-state index is -0.856. The normalized spacial score (nSPS) is 22.5. The van der Waals surface area contributed by atoms with Gasteiger partial charge in [0.05, 0.1) is 12.2 Å². The topological polar surface area (TPSA) is 32.3 Å². The largest absolute Gasteiger partial charge is 0.382 e. The van der Waals surface area contributed by atoms with Crippen molar-refractivity contribution in [2.75, 3.05) is 31.6 Å². The Labute approximate surface area is 128 Å². The number of halogens is 3. The summed E-state index contributed by atoms with van der Waals surface area (Å²) >= 11 is 0. The summed E-state index contributed by atoms with van der Waals surface area (Å²) in [5.74, 6) is -1.43. The van der Waals surface area contributed by atoms with Gasteiger partial charge in [-0.25, -0.2) is 8.78 Å². The summed E-state index contributed by atoms with van der Waals surface area (Å²) < 4.78 is 39.4. The van der Waals surface area contributed by atoms with Crippen LogP contribution in [0.4, 0.5) is 18.9 Å². The summed E-state index contributed by atoms with van der Waals surface area (Å²) in [6.07, 6.45) is 1.54. The molecule has 2 atom stereocenters. The number of hydrogen-bond acceptors (Lipinski definition) is 3. The molecule has 1 saturated heterocycles. The molecule has 0 amide bonds. The zero-order chi connectivity index (χ0) is 16.1. The summed E-state index contributed by atoms with van der Waals surface area (Å²) in [5, 5.41) is 3.14. The first-order valence-corrected chi connectivity index (χ1v) is 7.54. The molecule has 0 radical (unpaired) electrons. The van der Waals surface area contributed by atoms with E-state index in [1.807, 2.05) is 0 Å². The number of hydrogen-bond donors (Lipinski definition) is 1. The molecule has 1 unspecified atom stereocenters. The Morgan fingerprint density at radius 3 is 2.59 bits per heavy atom. The van der Waals surface area contributed by atoms with Gasteiger partial charge in [-0.05, 0) is 30.9 Å². The lowest BCUT2D eigenvalue weighted by atomic mass is 9.93. The molecular weight excluding hydrogens is 293 g/mol. The highest BCUT2D eigenvalue weighted by atomic mass is 19.1. The van der Waals surface area contributed by atoms with Gasteiger partial charge < -0.3 is 10.2 Å². The SMILES string of the molecule is CC1CN(CCCF)CC[C@@H]1Nc1cc(F)c(C=O)c(F)c1. The number of nitrogens with zero attached hydrogens (tertiary/aromatic N) is 1. The number of aldehydes is 1. The number of nitrogens with one attached hydrogen (secondary N) is 1. The molecule has 2 rings (SSSR count). The molecule has 1 N–H and O–H groups in total. The number of carbonyl (C=O) groups excluding carboxylic acids is 1. The first-order chi connectivity index (χ1) is 10.5. The summed E-state index contributed by atoms with van der Waals surface area (Å²) in [5.41, 5.74) is -0.200. The first-order valence-electron chi connectivity index (χ1n) is 7.54. The van der Waals surface area contributed by atoms with E-state index in [-0.39, 0.29) is 24.9 Å². The van der Waals surface area contributed by atoms with Crippen LogP contribution in [0, 0.1) is 17.6 Å². The van der Waals surface area contributed by atoms with E-state index < -0.39 is 17.2 Å². The monoisotopic (exact) mass is 314 g/mol. The molecule has 0 aliphatic carbocycles. The highest BCUT2D eigenvalue weighted by Gasteiger charge is 2.26. The maximum Gasteiger partial charge on any atom is 0.155 e. The molecule has 6 heteroatoms. The van der Waals surface area contributed by atoms with Gasteiger partial charge in [-0.15, -0.1) is 0 Å². The second-order valence-corrected chi connectivity index (χ2v) is 5.83. The van der Waals surface area contributed by atoms with Gasteiger partial charge in [-0.3, -0.25) is 9.18 Å². The molecule has 122 valence electrons. The lowest BCUT2D eigenvalue weighted by Gasteiger charge is -2.37. The molecule has 0 saturated carbocycles. The Balaban J connectivity index is 1.98. The Bertz CT molecular complexity index is 501. The quantitative estimate of drug-likeness (QED) is 0.818. The number of anilines is 1. The maximum absolute atomic E-state index is 13.6. The summed E-state index contributed by atoms with van der Waals surface area (Å²) in [7, 11) is 0. The van der Waals surface area contributed by atoms with Crippen molar-refractivity contribution in [2.45, 2.75) is 25.8 Å². The van der Waals surface area contributed by atoms with Crippen molar-refractivity contribution in [3.8, 4) is 0 Å². The van der Waals surface area contributed by atoms with E-state index in [1.54, 1.807) is 0 Å². The third-order valence-electron chi connectivity index (χ3n) is 4.15. The lowest BCUT2D eigenvalue weighted by molar-refractivity contribution is 0.111. The minimum absolute atomic E-state index is 0.0995. The van der Waals surface area contributed by atoms with E-state index in [9.17, 15) is 18.0 Å². The molecule has 0 spiro atoms. The van der Waals surface area contributed by atoms with Crippen molar-refractivity contribution in [3.63, 3.8) is 0 Å². The van der Waals surface area contributed by atoms with Crippen molar-refractivity contribution >= 4 is 12.0 Å².